The number of ether oxygens (including phenoxy) is 8. The molecule has 28 nitrogen and oxygen atoms in total. The van der Waals surface area contributed by atoms with Crippen molar-refractivity contribution in [2.75, 3.05) is 39.6 Å². The van der Waals surface area contributed by atoms with Gasteiger partial charge in [0.25, 0.3) is 5.91 Å². The van der Waals surface area contributed by atoms with Crippen LogP contribution >= 0.6 is 0 Å². The van der Waals surface area contributed by atoms with Gasteiger partial charge in [-0.25, -0.2) is 8.42 Å². The number of nitrogens with one attached hydrogen (secondary N) is 4. The Bertz CT molecular complexity index is 2240. The lowest BCUT2D eigenvalue weighted by molar-refractivity contribution is -0.358. The van der Waals surface area contributed by atoms with Crippen LogP contribution in [0.1, 0.15) is 83.0 Å². The van der Waals surface area contributed by atoms with E-state index in [1.807, 2.05) is 0 Å². The van der Waals surface area contributed by atoms with Crippen LogP contribution in [-0.2, 0) is 62.1 Å². The minimum absolute atomic E-state index is 0.0520. The molecule has 19 atom stereocenters. The normalized spacial score (nSPS) is 34.4. The Hall–Kier alpha value is -4.27. The zero-order valence-corrected chi connectivity index (χ0v) is 43.8. The van der Waals surface area contributed by atoms with E-state index in [0.29, 0.717) is 25.2 Å². The Balaban J connectivity index is 1.34. The Morgan fingerprint density at radius 1 is 0.649 bits per heavy atom. The number of unbranched alkanes of at least 4 members (excludes halogenated alkanes) is 5. The minimum Gasteiger partial charge on any atom is -0.726 e. The molecule has 0 aliphatic carbocycles. The zero-order valence-electron chi connectivity index (χ0n) is 43.0. The first kappa shape index (κ1) is 63.6. The lowest BCUT2D eigenvalue weighted by Crippen LogP contribution is -2.71. The molecule has 77 heavy (non-hydrogen) atoms. The van der Waals surface area contributed by atoms with E-state index < -0.39 is 183 Å². The smallest absolute Gasteiger partial charge is 0.251 e. The van der Waals surface area contributed by atoms with E-state index >= 15 is 0 Å². The second kappa shape index (κ2) is 30.4. The van der Waals surface area contributed by atoms with Gasteiger partial charge in [-0.15, -0.1) is 11.8 Å². The number of aliphatic hydroxyl groups excluding tert-OH is 8. The van der Waals surface area contributed by atoms with Crippen molar-refractivity contribution < 1.29 is 115 Å². The second-order valence-electron chi connectivity index (χ2n) is 18.9. The van der Waals surface area contributed by atoms with E-state index in [-0.39, 0.29) is 5.56 Å². The van der Waals surface area contributed by atoms with Gasteiger partial charge in [-0.3, -0.25) is 23.4 Å². The van der Waals surface area contributed by atoms with Crippen LogP contribution in [0.25, 0.3) is 0 Å². The summed E-state index contributed by atoms with van der Waals surface area (Å²) in [5.74, 6) is 3.61. The number of amides is 4. The van der Waals surface area contributed by atoms with Crippen LogP contribution in [-0.4, -0.2) is 233 Å². The van der Waals surface area contributed by atoms with Crippen molar-refractivity contribution in [1.29, 1.82) is 0 Å². The molecule has 4 aliphatic rings. The van der Waals surface area contributed by atoms with Crippen LogP contribution in [0, 0.1) is 11.8 Å². The molecule has 0 spiro atoms. The first-order valence-corrected chi connectivity index (χ1v) is 26.6. The molecule has 0 bridgehead atoms. The highest BCUT2D eigenvalue weighted by Gasteiger charge is 2.56. The average molecular weight is 1120 g/mol. The fraction of sp³-hybridized carbons (Fsp3) is 0.750. The van der Waals surface area contributed by atoms with Crippen molar-refractivity contribution in [2.45, 2.75) is 189 Å². The number of hydrogen-bond acceptors (Lipinski definition) is 24. The van der Waals surface area contributed by atoms with E-state index in [1.165, 1.54) is 18.6 Å². The SMILES string of the molecule is CCCCCCC#CCCCOc1cccc(C(=O)N[C@@H]2C(O[C@H]3C(O)C(NC(C)=O)C(OC4C(CO)O[C@@H](O[C@H]5C(O)C(NC(C)=O)CO[C@H]5COS(=O)(=O)[O-])[C@@H](NC(C)=O)[C@H]4O)O[C@H]3CO)OC(CO)[C@@H](O)[C@@H]2O)c1. The predicted octanol–water partition coefficient (Wildman–Crippen LogP) is -4.58. The lowest BCUT2D eigenvalue weighted by Gasteiger charge is -2.50. The van der Waals surface area contributed by atoms with Gasteiger partial charge in [0.15, 0.2) is 18.9 Å². The molecule has 5 rings (SSSR count). The van der Waals surface area contributed by atoms with Crippen LogP contribution in [0.5, 0.6) is 5.75 Å². The Morgan fingerprint density at radius 3 is 1.66 bits per heavy atom. The first-order valence-electron chi connectivity index (χ1n) is 25.3. The molecule has 4 saturated heterocycles. The number of carbonyl (C=O) groups excluding carboxylic acids is 4. The lowest BCUT2D eigenvalue weighted by atomic mass is 9.93. The molecule has 29 heteroatoms. The summed E-state index contributed by atoms with van der Waals surface area (Å²) in [6.07, 6.45) is -20.1. The molecule has 0 radical (unpaired) electrons. The average Bonchev–Trinajstić information content (AvgIpc) is 3.38. The topological polar surface area (TPSA) is 419 Å². The van der Waals surface area contributed by atoms with Gasteiger partial charge in [0.1, 0.15) is 97.1 Å². The van der Waals surface area contributed by atoms with Crippen molar-refractivity contribution in [3.05, 3.63) is 29.8 Å². The molecule has 4 heterocycles. The molecule has 4 amide bonds. The molecule has 0 aromatic heterocycles. The van der Waals surface area contributed by atoms with Crippen LogP contribution in [0.3, 0.4) is 0 Å². The predicted molar refractivity (Wildman–Crippen MR) is 259 cm³/mol. The van der Waals surface area contributed by atoms with E-state index in [0.717, 1.165) is 46.5 Å². The quantitative estimate of drug-likeness (QED) is 0.0190. The number of benzene rings is 1. The Morgan fingerprint density at radius 2 is 1.16 bits per heavy atom. The molecule has 12 N–H and O–H groups in total. The fourth-order valence-electron chi connectivity index (χ4n) is 9.14. The largest absolute Gasteiger partial charge is 0.726 e. The highest BCUT2D eigenvalue weighted by atomic mass is 32.3. The standard InChI is InChI=1S/C48H74N4O24S/c1-5-6-7-8-9-10-11-12-13-17-68-28-16-14-15-27(18-28)45(64)52-34-39(61)38(60)30(19-53)71-46(34)74-42-31(20-54)72-47(35(40(42)62)50-25(3)57)75-43-32(21-55)73-48(36(41(43)63)51-26(4)58)76-44-33(23-70-77(65,66)67)69-22-29(37(44)59)49-24(2)56/h14-16,18,29-44,46-48,53-55,59-63H,5-9,12-13,17,19-23H2,1-4H3,(H,49,56)(H,50,57)(H,51,58)(H,52,64)(H,65,66,67)/p-1/t29?,30?,31-,32?,33-,34-,35?,36-,37?,38+,39+,40?,41+,42+,43?,44+,46?,47?,48-/m0/s1. The van der Waals surface area contributed by atoms with Crippen molar-refractivity contribution in [3.63, 3.8) is 0 Å². The first-order chi connectivity index (χ1) is 36.6. The summed E-state index contributed by atoms with van der Waals surface area (Å²) in [6.45, 7) is 1.39. The molecule has 4 fully saturated rings. The van der Waals surface area contributed by atoms with Gasteiger partial charge in [0.2, 0.25) is 28.1 Å². The molecular weight excluding hydrogens is 1050 g/mol. The van der Waals surface area contributed by atoms with Crippen molar-refractivity contribution in [1.82, 2.24) is 21.3 Å². The number of hydrogen-bond donors (Lipinski definition) is 12. The molecule has 4 aliphatic heterocycles. The maximum absolute atomic E-state index is 13.8. The van der Waals surface area contributed by atoms with Crippen LogP contribution in [0.2, 0.25) is 0 Å². The monoisotopic (exact) mass is 1120 g/mol. The van der Waals surface area contributed by atoms with Gasteiger partial charge in [-0.2, -0.15) is 0 Å². The van der Waals surface area contributed by atoms with Gasteiger partial charge in [-0.1, -0.05) is 32.3 Å². The van der Waals surface area contributed by atoms with Gasteiger partial charge in [-0.05, 0) is 31.0 Å². The second-order valence-corrected chi connectivity index (χ2v) is 20.0. The number of carbonyl (C=O) groups is 4. The van der Waals surface area contributed by atoms with Crippen molar-refractivity contribution in [3.8, 4) is 17.6 Å². The summed E-state index contributed by atoms with van der Waals surface area (Å²) >= 11 is 0. The van der Waals surface area contributed by atoms with Crippen LogP contribution in [0.4, 0.5) is 0 Å². The van der Waals surface area contributed by atoms with E-state index in [2.05, 4.69) is 44.2 Å². The van der Waals surface area contributed by atoms with E-state index in [9.17, 15) is 73.0 Å². The maximum Gasteiger partial charge on any atom is 0.251 e. The molecule has 0 saturated carbocycles. The third-order valence-corrected chi connectivity index (χ3v) is 13.4. The maximum atomic E-state index is 13.8. The van der Waals surface area contributed by atoms with Gasteiger partial charge in [0.05, 0.1) is 45.7 Å². The van der Waals surface area contributed by atoms with E-state index in [4.69, 9.17) is 37.9 Å². The molecule has 1 aromatic rings. The summed E-state index contributed by atoms with van der Waals surface area (Å²) in [4.78, 5) is 51.0. The van der Waals surface area contributed by atoms with Gasteiger partial charge in [0, 0.05) is 39.2 Å². The third-order valence-electron chi connectivity index (χ3n) is 13.0. The summed E-state index contributed by atoms with van der Waals surface area (Å²) in [5.41, 5.74) is 0.0520. The summed E-state index contributed by atoms with van der Waals surface area (Å²) < 4.78 is 86.0. The minimum atomic E-state index is -5.31. The van der Waals surface area contributed by atoms with Crippen LogP contribution < -0.4 is 26.0 Å². The summed E-state index contributed by atoms with van der Waals surface area (Å²) in [7, 11) is -5.31. The molecule has 1 aromatic carbocycles. The Kier molecular flexibility index (Phi) is 25.1. The molecular formula is C48H73N4O24S-. The van der Waals surface area contributed by atoms with Crippen LogP contribution in [0.15, 0.2) is 24.3 Å². The highest BCUT2D eigenvalue weighted by Crippen LogP contribution is 2.34. The number of rotatable bonds is 25. The fourth-order valence-corrected chi connectivity index (χ4v) is 9.44. The summed E-state index contributed by atoms with van der Waals surface area (Å²) in [5, 5.41) is 98.7. The zero-order chi connectivity index (χ0) is 56.6. The van der Waals surface area contributed by atoms with E-state index in [1.54, 1.807) is 12.1 Å². The molecule has 436 valence electrons. The summed E-state index contributed by atoms with van der Waals surface area (Å²) in [6, 6.07) is -0.172. The van der Waals surface area contributed by atoms with Crippen molar-refractivity contribution >= 4 is 34.0 Å². The van der Waals surface area contributed by atoms with Crippen molar-refractivity contribution in [2.24, 2.45) is 0 Å². The number of aliphatic hydroxyl groups is 8. The van der Waals surface area contributed by atoms with Gasteiger partial charge >= 0.3 is 0 Å². The molecule has 9 unspecified atom stereocenters. The third kappa shape index (κ3) is 18.1. The van der Waals surface area contributed by atoms with Gasteiger partial charge < -0.3 is 105 Å². The highest BCUT2D eigenvalue weighted by molar-refractivity contribution is 7.80. The Labute approximate surface area is 445 Å².